The van der Waals surface area contributed by atoms with E-state index in [0.717, 1.165) is 22.4 Å². The van der Waals surface area contributed by atoms with Gasteiger partial charge in [0.25, 0.3) is 20.2 Å². The van der Waals surface area contributed by atoms with Crippen LogP contribution in [0.25, 0.3) is 0 Å². The molecule has 3 aromatic carbocycles. The van der Waals surface area contributed by atoms with Crippen molar-refractivity contribution in [1.82, 2.24) is 0 Å². The number of benzene rings is 3. The van der Waals surface area contributed by atoms with Crippen molar-refractivity contribution in [3.8, 4) is 0 Å². The Kier molecular flexibility index (Phi) is 8.48. The summed E-state index contributed by atoms with van der Waals surface area (Å²) < 4.78 is 60.4. The molecule has 0 fully saturated rings. The van der Waals surface area contributed by atoms with E-state index in [1.165, 1.54) is 24.3 Å². The van der Waals surface area contributed by atoms with Gasteiger partial charge in [-0.15, -0.1) is 0 Å². The molecule has 9 heteroatoms. The first-order valence-corrected chi connectivity index (χ1v) is 13.6. The van der Waals surface area contributed by atoms with Gasteiger partial charge in [-0.1, -0.05) is 53.1 Å². The van der Waals surface area contributed by atoms with Gasteiger partial charge < -0.3 is 4.90 Å². The highest BCUT2D eigenvalue weighted by Gasteiger charge is 2.18. The molecule has 0 N–H and O–H groups in total. The third-order valence-electron chi connectivity index (χ3n) is 5.22. The molecule has 0 aliphatic heterocycles. The molecule has 0 atom stereocenters. The zero-order chi connectivity index (χ0) is 24.8. The second-order valence-corrected chi connectivity index (χ2v) is 11.2. The van der Waals surface area contributed by atoms with Gasteiger partial charge in [0, 0.05) is 18.8 Å². The fourth-order valence-electron chi connectivity index (χ4n) is 3.19. The zero-order valence-electron chi connectivity index (χ0n) is 19.5. The largest absolute Gasteiger partial charge is 0.367 e. The van der Waals surface area contributed by atoms with Gasteiger partial charge in [0.15, 0.2) is 0 Å². The summed E-state index contributed by atoms with van der Waals surface area (Å²) >= 11 is 0. The Labute approximate surface area is 202 Å². The van der Waals surface area contributed by atoms with Crippen LogP contribution in [0.5, 0.6) is 0 Å². The highest BCUT2D eigenvalue weighted by molar-refractivity contribution is 7.87. The van der Waals surface area contributed by atoms with Crippen LogP contribution in [0.1, 0.15) is 16.7 Å². The summed E-state index contributed by atoms with van der Waals surface area (Å²) in [5.74, 6) is 0. The normalized spacial score (nSPS) is 12.0. The molecule has 0 aliphatic carbocycles. The monoisotopic (exact) mass is 503 g/mol. The number of hydrogen-bond acceptors (Lipinski definition) is 7. The van der Waals surface area contributed by atoms with E-state index in [9.17, 15) is 16.8 Å². The van der Waals surface area contributed by atoms with E-state index in [4.69, 9.17) is 8.37 Å². The Morgan fingerprint density at radius 3 is 1.24 bits per heavy atom. The summed E-state index contributed by atoms with van der Waals surface area (Å²) in [4.78, 5) is 2.01. The SMILES string of the molecule is Cc1ccc(N(CCOS(=O)(=O)c2ccc(C)cc2)CCOS(=O)(=O)c2ccc(C)cc2)cc1. The first kappa shape index (κ1) is 25.9. The van der Waals surface area contributed by atoms with Gasteiger partial charge in [0.2, 0.25) is 0 Å². The van der Waals surface area contributed by atoms with E-state index in [1.807, 2.05) is 49.9 Å². The van der Waals surface area contributed by atoms with E-state index in [1.54, 1.807) is 24.3 Å². The minimum atomic E-state index is -3.90. The summed E-state index contributed by atoms with van der Waals surface area (Å²) in [5, 5.41) is 0. The van der Waals surface area contributed by atoms with E-state index < -0.39 is 20.2 Å². The first-order valence-electron chi connectivity index (χ1n) is 10.8. The summed E-state index contributed by atoms with van der Waals surface area (Å²) in [6, 6.07) is 20.5. The topological polar surface area (TPSA) is 90.0 Å². The molecular formula is C25H29NO6S2. The average molecular weight is 504 g/mol. The van der Waals surface area contributed by atoms with Gasteiger partial charge in [-0.2, -0.15) is 16.8 Å². The van der Waals surface area contributed by atoms with Crippen LogP contribution in [0.4, 0.5) is 5.69 Å². The Hall–Kier alpha value is -2.72. The third-order valence-corrected chi connectivity index (χ3v) is 7.87. The third kappa shape index (κ3) is 7.14. The summed E-state index contributed by atoms with van der Waals surface area (Å²) in [6.45, 7) is 5.95. The fraction of sp³-hybridized carbons (Fsp3) is 0.280. The molecule has 0 spiro atoms. The number of hydrogen-bond donors (Lipinski definition) is 0. The highest BCUT2D eigenvalue weighted by Crippen LogP contribution is 2.18. The van der Waals surface area contributed by atoms with E-state index in [0.29, 0.717) is 0 Å². The van der Waals surface area contributed by atoms with Crippen LogP contribution in [0.3, 0.4) is 0 Å². The fourth-order valence-corrected chi connectivity index (χ4v) is 4.98. The van der Waals surface area contributed by atoms with Gasteiger partial charge in [-0.25, -0.2) is 0 Å². The number of nitrogens with zero attached hydrogens (tertiary/aromatic N) is 1. The quantitative estimate of drug-likeness (QED) is 0.362. The van der Waals surface area contributed by atoms with Crippen LogP contribution in [0, 0.1) is 20.8 Å². The van der Waals surface area contributed by atoms with Crippen molar-refractivity contribution in [2.24, 2.45) is 0 Å². The minimum Gasteiger partial charge on any atom is -0.367 e. The zero-order valence-corrected chi connectivity index (χ0v) is 21.1. The molecule has 0 unspecified atom stereocenters. The van der Waals surface area contributed by atoms with Crippen LogP contribution in [0.15, 0.2) is 82.6 Å². The average Bonchev–Trinajstić information content (AvgIpc) is 2.79. The van der Waals surface area contributed by atoms with Gasteiger partial charge in [-0.05, 0) is 57.2 Å². The second kappa shape index (κ2) is 11.1. The first-order chi connectivity index (χ1) is 16.1. The lowest BCUT2D eigenvalue weighted by Crippen LogP contribution is -2.32. The van der Waals surface area contributed by atoms with Crippen LogP contribution in [-0.4, -0.2) is 43.1 Å². The summed E-state index contributed by atoms with van der Waals surface area (Å²) in [7, 11) is -7.80. The Morgan fingerprint density at radius 1 is 0.559 bits per heavy atom. The lowest BCUT2D eigenvalue weighted by atomic mass is 10.2. The second-order valence-electron chi connectivity index (χ2n) is 8.00. The Balaban J connectivity index is 1.65. The lowest BCUT2D eigenvalue weighted by molar-refractivity contribution is 0.306. The summed E-state index contributed by atoms with van der Waals surface area (Å²) in [5.41, 5.74) is 3.77. The molecule has 3 aromatic rings. The minimum absolute atomic E-state index is 0.0903. The number of anilines is 1. The van der Waals surface area contributed by atoms with Crippen LogP contribution < -0.4 is 4.90 Å². The molecular weight excluding hydrogens is 474 g/mol. The molecule has 0 aliphatic rings. The molecule has 0 saturated heterocycles. The number of aryl methyl sites for hydroxylation is 3. The van der Waals surface area contributed by atoms with Gasteiger partial charge in [0.05, 0.1) is 23.0 Å². The van der Waals surface area contributed by atoms with Crippen molar-refractivity contribution in [2.75, 3.05) is 31.2 Å². The molecule has 182 valence electrons. The molecule has 0 bridgehead atoms. The Morgan fingerprint density at radius 2 is 0.882 bits per heavy atom. The maximum atomic E-state index is 12.5. The van der Waals surface area contributed by atoms with Crippen molar-refractivity contribution in [3.05, 3.63) is 89.5 Å². The molecule has 0 heterocycles. The van der Waals surface area contributed by atoms with E-state index in [2.05, 4.69) is 0 Å². The molecule has 0 saturated carbocycles. The van der Waals surface area contributed by atoms with Crippen molar-refractivity contribution in [2.45, 2.75) is 30.6 Å². The molecule has 7 nitrogen and oxygen atoms in total. The standard InChI is InChI=1S/C25H29NO6S2/c1-20-4-10-23(11-5-20)26(16-18-31-33(27,28)24-12-6-21(2)7-13-24)17-19-32-34(29,30)25-14-8-22(3)9-15-25/h4-15H,16-19H2,1-3H3. The highest BCUT2D eigenvalue weighted by atomic mass is 32.2. The smallest absolute Gasteiger partial charge is 0.297 e. The molecule has 34 heavy (non-hydrogen) atoms. The molecule has 0 radical (unpaired) electrons. The van der Waals surface area contributed by atoms with Crippen molar-refractivity contribution < 1.29 is 25.2 Å². The van der Waals surface area contributed by atoms with E-state index >= 15 is 0 Å². The van der Waals surface area contributed by atoms with Crippen molar-refractivity contribution in [1.29, 1.82) is 0 Å². The van der Waals surface area contributed by atoms with Crippen LogP contribution >= 0.6 is 0 Å². The van der Waals surface area contributed by atoms with Gasteiger partial charge in [-0.3, -0.25) is 8.37 Å². The number of rotatable bonds is 11. The molecule has 3 rings (SSSR count). The van der Waals surface area contributed by atoms with Crippen LogP contribution in [0.2, 0.25) is 0 Å². The molecule has 0 aromatic heterocycles. The predicted octanol–water partition coefficient (Wildman–Crippen LogP) is 4.23. The summed E-state index contributed by atoms with van der Waals surface area (Å²) in [6.07, 6.45) is 0. The lowest BCUT2D eigenvalue weighted by Gasteiger charge is -2.24. The van der Waals surface area contributed by atoms with Crippen LogP contribution in [-0.2, 0) is 28.6 Å². The molecule has 0 amide bonds. The van der Waals surface area contributed by atoms with Crippen molar-refractivity contribution >= 4 is 25.9 Å². The Bertz CT molecular complexity index is 1200. The maximum Gasteiger partial charge on any atom is 0.297 e. The van der Waals surface area contributed by atoms with E-state index in [-0.39, 0.29) is 36.1 Å². The van der Waals surface area contributed by atoms with Gasteiger partial charge >= 0.3 is 0 Å². The van der Waals surface area contributed by atoms with Gasteiger partial charge in [0.1, 0.15) is 0 Å². The maximum absolute atomic E-state index is 12.5. The van der Waals surface area contributed by atoms with Crippen molar-refractivity contribution in [3.63, 3.8) is 0 Å². The predicted molar refractivity (Wildman–Crippen MR) is 132 cm³/mol.